The molecule has 162 valence electrons. The van der Waals surface area contributed by atoms with Gasteiger partial charge < -0.3 is 4.74 Å². The lowest BCUT2D eigenvalue weighted by molar-refractivity contribution is -0.385. The molecule has 3 aromatic rings. The van der Waals surface area contributed by atoms with E-state index in [4.69, 9.17) is 16.3 Å². The van der Waals surface area contributed by atoms with Crippen molar-refractivity contribution < 1.29 is 27.2 Å². The molecule has 0 aliphatic carbocycles. The Morgan fingerprint density at radius 2 is 1.74 bits per heavy atom. The number of rotatable bonds is 4. The van der Waals surface area contributed by atoms with E-state index < -0.39 is 45.2 Å². The molecule has 0 aliphatic heterocycles. The zero-order valence-electron chi connectivity index (χ0n) is 15.3. The van der Waals surface area contributed by atoms with Crippen molar-refractivity contribution in [1.82, 2.24) is 9.13 Å². The Hall–Kier alpha value is -3.67. The molecular formula is C18H10ClF4N3O5. The first-order chi connectivity index (χ1) is 14.4. The fourth-order valence-corrected chi connectivity index (χ4v) is 2.89. The molecule has 0 spiro atoms. The first-order valence-corrected chi connectivity index (χ1v) is 8.60. The maximum absolute atomic E-state index is 14.5. The Kier molecular flexibility index (Phi) is 5.59. The maximum atomic E-state index is 14.5. The van der Waals surface area contributed by atoms with Gasteiger partial charge in [-0.3, -0.25) is 19.5 Å². The van der Waals surface area contributed by atoms with Gasteiger partial charge in [-0.15, -0.1) is 0 Å². The summed E-state index contributed by atoms with van der Waals surface area (Å²) in [7, 11) is 0.764. The van der Waals surface area contributed by atoms with Crippen molar-refractivity contribution in [3.63, 3.8) is 0 Å². The molecule has 0 bridgehead atoms. The molecule has 2 aromatic carbocycles. The molecule has 0 saturated heterocycles. The maximum Gasteiger partial charge on any atom is 0.431 e. The smallest absolute Gasteiger partial charge is 0.431 e. The summed E-state index contributed by atoms with van der Waals surface area (Å²) < 4.78 is 59.2. The summed E-state index contributed by atoms with van der Waals surface area (Å²) in [5, 5.41) is 10.8. The predicted octanol–water partition coefficient (Wildman–Crippen LogP) is 4.05. The van der Waals surface area contributed by atoms with Crippen LogP contribution in [0.2, 0.25) is 5.02 Å². The van der Waals surface area contributed by atoms with Crippen LogP contribution in [0.4, 0.5) is 23.2 Å². The summed E-state index contributed by atoms with van der Waals surface area (Å²) >= 11 is 5.91. The van der Waals surface area contributed by atoms with E-state index in [2.05, 4.69) is 0 Å². The van der Waals surface area contributed by atoms with Crippen LogP contribution in [0.25, 0.3) is 5.69 Å². The van der Waals surface area contributed by atoms with E-state index in [0.29, 0.717) is 6.07 Å². The van der Waals surface area contributed by atoms with Crippen LogP contribution in [0.1, 0.15) is 5.69 Å². The van der Waals surface area contributed by atoms with Crippen LogP contribution in [0.5, 0.6) is 11.5 Å². The monoisotopic (exact) mass is 459 g/mol. The molecule has 0 fully saturated rings. The highest BCUT2D eigenvalue weighted by molar-refractivity contribution is 6.32. The standard InChI is InChI=1S/C18H10ClF4N3O5/c1-24-15(18(21,22)23)8-16(27)25(17(24)28)12-7-14(9(19)6-10(12)20)31-13-5-3-2-4-11(13)26(29)30/h2-8H,1H3. The normalized spacial score (nSPS) is 11.4. The van der Waals surface area contributed by atoms with Crippen molar-refractivity contribution in [3.8, 4) is 17.2 Å². The first kappa shape index (κ1) is 22.0. The Morgan fingerprint density at radius 1 is 1.10 bits per heavy atom. The van der Waals surface area contributed by atoms with Gasteiger partial charge in [-0.25, -0.2) is 13.8 Å². The molecule has 0 unspecified atom stereocenters. The van der Waals surface area contributed by atoms with Crippen molar-refractivity contribution in [3.05, 3.63) is 90.0 Å². The number of halogens is 5. The fraction of sp³-hybridized carbons (Fsp3) is 0.111. The Balaban J connectivity index is 2.20. The molecule has 13 heteroatoms. The quantitative estimate of drug-likeness (QED) is 0.333. The molecule has 3 rings (SSSR count). The van der Waals surface area contributed by atoms with Crippen molar-refractivity contribution in [2.75, 3.05) is 0 Å². The van der Waals surface area contributed by atoms with E-state index in [0.717, 1.165) is 19.2 Å². The van der Waals surface area contributed by atoms with Crippen LogP contribution < -0.4 is 16.0 Å². The van der Waals surface area contributed by atoms with Gasteiger partial charge in [0, 0.05) is 25.2 Å². The van der Waals surface area contributed by atoms with Crippen LogP contribution >= 0.6 is 11.6 Å². The number of aromatic nitrogens is 2. The highest BCUT2D eigenvalue weighted by Crippen LogP contribution is 2.36. The highest BCUT2D eigenvalue weighted by atomic mass is 35.5. The highest BCUT2D eigenvalue weighted by Gasteiger charge is 2.35. The Bertz CT molecular complexity index is 1320. The second kappa shape index (κ2) is 7.87. The average Bonchev–Trinajstić information content (AvgIpc) is 2.67. The van der Waals surface area contributed by atoms with Gasteiger partial charge in [0.1, 0.15) is 17.3 Å². The van der Waals surface area contributed by atoms with Gasteiger partial charge in [-0.2, -0.15) is 13.2 Å². The number of nitrogens with zero attached hydrogens (tertiary/aromatic N) is 3. The van der Waals surface area contributed by atoms with Gasteiger partial charge >= 0.3 is 17.6 Å². The van der Waals surface area contributed by atoms with E-state index >= 15 is 0 Å². The van der Waals surface area contributed by atoms with Crippen LogP contribution in [-0.4, -0.2) is 14.1 Å². The van der Waals surface area contributed by atoms with E-state index in [1.54, 1.807) is 0 Å². The number of hydrogen-bond donors (Lipinski definition) is 0. The van der Waals surface area contributed by atoms with Gasteiger partial charge in [-0.05, 0) is 12.1 Å². The van der Waals surface area contributed by atoms with E-state index in [-0.39, 0.29) is 31.7 Å². The summed E-state index contributed by atoms with van der Waals surface area (Å²) in [6, 6.07) is 6.71. The topological polar surface area (TPSA) is 96.4 Å². The molecule has 0 N–H and O–H groups in total. The Labute approximate surface area is 174 Å². The lowest BCUT2D eigenvalue weighted by Gasteiger charge is -2.15. The van der Waals surface area contributed by atoms with Crippen LogP contribution in [0.15, 0.2) is 52.1 Å². The minimum Gasteiger partial charge on any atom is -0.448 e. The van der Waals surface area contributed by atoms with Crippen LogP contribution in [-0.2, 0) is 13.2 Å². The van der Waals surface area contributed by atoms with Gasteiger partial charge in [0.15, 0.2) is 0 Å². The number of benzene rings is 2. The summed E-state index contributed by atoms with van der Waals surface area (Å²) in [5.74, 6) is -1.86. The molecule has 8 nitrogen and oxygen atoms in total. The molecule has 0 aliphatic rings. The summed E-state index contributed by atoms with van der Waals surface area (Å²) in [6.07, 6.45) is -4.99. The average molecular weight is 460 g/mol. The van der Waals surface area contributed by atoms with Crippen molar-refractivity contribution in [2.24, 2.45) is 7.05 Å². The summed E-state index contributed by atoms with van der Waals surface area (Å²) in [6.45, 7) is 0. The number of hydrogen-bond acceptors (Lipinski definition) is 5. The number of nitro groups is 1. The van der Waals surface area contributed by atoms with E-state index in [1.807, 2.05) is 0 Å². The molecule has 31 heavy (non-hydrogen) atoms. The largest absolute Gasteiger partial charge is 0.448 e. The summed E-state index contributed by atoms with van der Waals surface area (Å²) in [4.78, 5) is 35.0. The second-order valence-electron chi connectivity index (χ2n) is 6.10. The van der Waals surface area contributed by atoms with Gasteiger partial charge in [0.25, 0.3) is 5.56 Å². The third kappa shape index (κ3) is 4.14. The molecular weight excluding hydrogens is 450 g/mol. The molecule has 1 aromatic heterocycles. The van der Waals surface area contributed by atoms with Crippen molar-refractivity contribution in [1.29, 1.82) is 0 Å². The van der Waals surface area contributed by atoms with Gasteiger partial charge in [-0.1, -0.05) is 23.7 Å². The fourth-order valence-electron chi connectivity index (χ4n) is 2.70. The molecule has 0 amide bonds. The first-order valence-electron chi connectivity index (χ1n) is 8.22. The minimum absolute atomic E-state index is 0.137. The summed E-state index contributed by atoms with van der Waals surface area (Å²) in [5.41, 5.74) is -5.65. The third-order valence-electron chi connectivity index (χ3n) is 4.13. The molecule has 0 atom stereocenters. The zero-order valence-corrected chi connectivity index (χ0v) is 16.1. The van der Waals surface area contributed by atoms with Gasteiger partial charge in [0.2, 0.25) is 5.75 Å². The SMILES string of the molecule is Cn1c(C(F)(F)F)cc(=O)n(-c2cc(Oc3ccccc3[N+](=O)[O-])c(Cl)cc2F)c1=O. The second-order valence-corrected chi connectivity index (χ2v) is 6.51. The van der Waals surface area contributed by atoms with E-state index in [9.17, 15) is 37.3 Å². The predicted molar refractivity (Wildman–Crippen MR) is 100 cm³/mol. The van der Waals surface area contributed by atoms with Crippen LogP contribution in [0.3, 0.4) is 0 Å². The zero-order chi connectivity index (χ0) is 23.1. The number of ether oxygens (including phenoxy) is 1. The minimum atomic E-state index is -4.99. The molecule has 0 radical (unpaired) electrons. The van der Waals surface area contributed by atoms with Gasteiger partial charge in [0.05, 0.1) is 15.6 Å². The van der Waals surface area contributed by atoms with Crippen LogP contribution in [0, 0.1) is 15.9 Å². The van der Waals surface area contributed by atoms with E-state index in [1.165, 1.54) is 18.2 Å². The van der Waals surface area contributed by atoms with Crippen molar-refractivity contribution in [2.45, 2.75) is 6.18 Å². The number of alkyl halides is 3. The lowest BCUT2D eigenvalue weighted by Crippen LogP contribution is -2.41. The number of nitro benzene ring substituents is 1. The third-order valence-corrected chi connectivity index (χ3v) is 4.43. The lowest BCUT2D eigenvalue weighted by atomic mass is 10.2. The molecule has 0 saturated carbocycles. The van der Waals surface area contributed by atoms with Crippen molar-refractivity contribution >= 4 is 17.3 Å². The molecule has 1 heterocycles. The Morgan fingerprint density at radius 3 is 2.35 bits per heavy atom. The number of para-hydroxylation sites is 2.